The SMILES string of the molecule is O=c1[nH]c(Cl)c(-c2ccc(Br)cc2)c(=O)n1CCC1CC1. The second kappa shape index (κ2) is 5.81. The minimum Gasteiger partial charge on any atom is -0.297 e. The Labute approximate surface area is 134 Å². The van der Waals surface area contributed by atoms with E-state index < -0.39 is 5.69 Å². The van der Waals surface area contributed by atoms with Crippen LogP contribution in [-0.2, 0) is 6.54 Å². The molecular weight excluding hydrogens is 356 g/mol. The summed E-state index contributed by atoms with van der Waals surface area (Å²) < 4.78 is 2.17. The Morgan fingerprint density at radius 1 is 1.24 bits per heavy atom. The zero-order chi connectivity index (χ0) is 15.0. The summed E-state index contributed by atoms with van der Waals surface area (Å²) in [5.74, 6) is 0.656. The van der Waals surface area contributed by atoms with Crippen molar-refractivity contribution in [3.8, 4) is 11.1 Å². The van der Waals surface area contributed by atoms with Gasteiger partial charge >= 0.3 is 5.69 Å². The molecule has 0 bridgehead atoms. The number of nitrogens with zero attached hydrogens (tertiary/aromatic N) is 1. The molecule has 21 heavy (non-hydrogen) atoms. The molecule has 1 heterocycles. The van der Waals surface area contributed by atoms with E-state index in [4.69, 9.17) is 11.6 Å². The van der Waals surface area contributed by atoms with Gasteiger partial charge < -0.3 is 0 Å². The molecule has 110 valence electrons. The third kappa shape index (κ3) is 3.14. The molecule has 1 fully saturated rings. The normalized spacial score (nSPS) is 14.4. The van der Waals surface area contributed by atoms with Gasteiger partial charge in [0.2, 0.25) is 0 Å². The molecule has 2 aromatic rings. The van der Waals surface area contributed by atoms with Crippen molar-refractivity contribution in [1.82, 2.24) is 9.55 Å². The molecule has 1 N–H and O–H groups in total. The van der Waals surface area contributed by atoms with Crippen molar-refractivity contribution < 1.29 is 0 Å². The summed E-state index contributed by atoms with van der Waals surface area (Å²) in [6.45, 7) is 0.444. The number of hydrogen-bond acceptors (Lipinski definition) is 2. The average molecular weight is 370 g/mol. The summed E-state index contributed by atoms with van der Waals surface area (Å²) in [6, 6.07) is 7.28. The molecule has 0 atom stereocenters. The van der Waals surface area contributed by atoms with Crippen LogP contribution in [-0.4, -0.2) is 9.55 Å². The van der Waals surface area contributed by atoms with E-state index in [9.17, 15) is 9.59 Å². The largest absolute Gasteiger partial charge is 0.329 e. The summed E-state index contributed by atoms with van der Waals surface area (Å²) in [5, 5.41) is 0.0926. The first-order chi connectivity index (χ1) is 10.1. The molecule has 0 saturated heterocycles. The van der Waals surface area contributed by atoms with Gasteiger partial charge in [0.05, 0.1) is 5.56 Å². The number of aromatic nitrogens is 2. The number of rotatable bonds is 4. The van der Waals surface area contributed by atoms with Gasteiger partial charge in [-0.05, 0) is 30.0 Å². The van der Waals surface area contributed by atoms with E-state index in [0.29, 0.717) is 23.6 Å². The number of halogens is 2. The second-order valence-electron chi connectivity index (χ2n) is 5.31. The van der Waals surface area contributed by atoms with Gasteiger partial charge in [-0.15, -0.1) is 0 Å². The molecule has 1 aromatic carbocycles. The van der Waals surface area contributed by atoms with Gasteiger partial charge in [0, 0.05) is 11.0 Å². The van der Waals surface area contributed by atoms with E-state index in [1.165, 1.54) is 17.4 Å². The van der Waals surface area contributed by atoms with Crippen LogP contribution in [0.2, 0.25) is 5.15 Å². The standard InChI is InChI=1S/C15H14BrClN2O2/c16-11-5-3-10(4-6-11)12-13(17)18-15(21)19(14(12)20)8-7-9-1-2-9/h3-6,9H,1-2,7-8H2,(H,18,21). The van der Waals surface area contributed by atoms with Gasteiger partial charge in [-0.3, -0.25) is 14.3 Å². The molecule has 0 radical (unpaired) electrons. The average Bonchev–Trinajstić information content (AvgIpc) is 3.24. The van der Waals surface area contributed by atoms with Gasteiger partial charge in [-0.25, -0.2) is 4.79 Å². The zero-order valence-corrected chi connectivity index (χ0v) is 13.6. The lowest BCUT2D eigenvalue weighted by Crippen LogP contribution is -2.36. The van der Waals surface area contributed by atoms with Crippen LogP contribution < -0.4 is 11.2 Å². The maximum absolute atomic E-state index is 12.6. The molecule has 6 heteroatoms. The maximum Gasteiger partial charge on any atom is 0.329 e. The topological polar surface area (TPSA) is 54.9 Å². The highest BCUT2D eigenvalue weighted by molar-refractivity contribution is 9.10. The molecule has 4 nitrogen and oxygen atoms in total. The Balaban J connectivity index is 2.06. The van der Waals surface area contributed by atoms with Crippen molar-refractivity contribution in [3.63, 3.8) is 0 Å². The van der Waals surface area contributed by atoms with Gasteiger partial charge in [-0.1, -0.05) is 52.5 Å². The minimum absolute atomic E-state index is 0.0926. The van der Waals surface area contributed by atoms with Crippen molar-refractivity contribution in [2.24, 2.45) is 5.92 Å². The predicted octanol–water partition coefficient (Wildman–Crippen LogP) is 3.42. The smallest absolute Gasteiger partial charge is 0.297 e. The Hall–Kier alpha value is -1.33. The highest BCUT2D eigenvalue weighted by atomic mass is 79.9. The number of aromatic amines is 1. The fourth-order valence-electron chi connectivity index (χ4n) is 2.33. The van der Waals surface area contributed by atoms with Crippen LogP contribution in [0.25, 0.3) is 11.1 Å². The molecule has 0 aliphatic heterocycles. The van der Waals surface area contributed by atoms with E-state index in [1.807, 2.05) is 12.1 Å². The van der Waals surface area contributed by atoms with Crippen molar-refractivity contribution in [2.45, 2.75) is 25.8 Å². The highest BCUT2D eigenvalue weighted by Gasteiger charge is 2.22. The molecule has 1 aliphatic carbocycles. The number of hydrogen-bond donors (Lipinski definition) is 1. The third-order valence-electron chi connectivity index (χ3n) is 3.73. The zero-order valence-electron chi connectivity index (χ0n) is 11.2. The van der Waals surface area contributed by atoms with E-state index in [2.05, 4.69) is 20.9 Å². The summed E-state index contributed by atoms with van der Waals surface area (Å²) in [5.41, 5.74) is 0.280. The lowest BCUT2D eigenvalue weighted by molar-refractivity contribution is 0.558. The number of H-pyrrole nitrogens is 1. The fraction of sp³-hybridized carbons (Fsp3) is 0.333. The Morgan fingerprint density at radius 2 is 1.90 bits per heavy atom. The van der Waals surface area contributed by atoms with Crippen molar-refractivity contribution >= 4 is 27.5 Å². The molecule has 1 saturated carbocycles. The molecule has 3 rings (SSSR count). The summed E-state index contributed by atoms with van der Waals surface area (Å²) >= 11 is 9.43. The minimum atomic E-state index is -0.438. The Kier molecular flexibility index (Phi) is 4.04. The van der Waals surface area contributed by atoms with Gasteiger partial charge in [0.15, 0.2) is 0 Å². The fourth-order valence-corrected chi connectivity index (χ4v) is 2.87. The van der Waals surface area contributed by atoms with Crippen molar-refractivity contribution in [2.75, 3.05) is 0 Å². The highest BCUT2D eigenvalue weighted by Crippen LogP contribution is 2.32. The second-order valence-corrected chi connectivity index (χ2v) is 6.61. The van der Waals surface area contributed by atoms with Crippen molar-refractivity contribution in [3.05, 3.63) is 54.7 Å². The molecule has 1 aliphatic rings. The molecule has 0 spiro atoms. The van der Waals surface area contributed by atoms with Crippen LogP contribution in [0.5, 0.6) is 0 Å². The number of nitrogens with one attached hydrogen (secondary N) is 1. The predicted molar refractivity (Wildman–Crippen MR) is 86.8 cm³/mol. The Bertz CT molecular complexity index is 776. The third-order valence-corrected chi connectivity index (χ3v) is 4.54. The quantitative estimate of drug-likeness (QED) is 0.840. The molecule has 0 amide bonds. The van der Waals surface area contributed by atoms with E-state index in [-0.39, 0.29) is 10.7 Å². The first kappa shape index (κ1) is 14.6. The van der Waals surface area contributed by atoms with Crippen LogP contribution in [0.15, 0.2) is 38.3 Å². The molecule has 0 unspecified atom stereocenters. The van der Waals surface area contributed by atoms with E-state index in [1.54, 1.807) is 12.1 Å². The van der Waals surface area contributed by atoms with Crippen LogP contribution in [0.4, 0.5) is 0 Å². The van der Waals surface area contributed by atoms with Crippen molar-refractivity contribution in [1.29, 1.82) is 0 Å². The lowest BCUT2D eigenvalue weighted by Gasteiger charge is -2.09. The first-order valence-corrected chi connectivity index (χ1v) is 8.02. The van der Waals surface area contributed by atoms with Gasteiger partial charge in [0.25, 0.3) is 5.56 Å². The number of benzene rings is 1. The molecule has 1 aromatic heterocycles. The summed E-state index contributed by atoms with van der Waals surface area (Å²) in [7, 11) is 0. The lowest BCUT2D eigenvalue weighted by atomic mass is 10.1. The van der Waals surface area contributed by atoms with Crippen LogP contribution in [0.3, 0.4) is 0 Å². The Morgan fingerprint density at radius 3 is 2.52 bits per heavy atom. The van der Waals surface area contributed by atoms with Gasteiger partial charge in [0.1, 0.15) is 5.15 Å². The van der Waals surface area contributed by atoms with E-state index >= 15 is 0 Å². The van der Waals surface area contributed by atoms with Crippen LogP contribution in [0, 0.1) is 5.92 Å². The molecular formula is C15H14BrClN2O2. The summed E-state index contributed by atoms with van der Waals surface area (Å²) in [6.07, 6.45) is 3.25. The van der Waals surface area contributed by atoms with Crippen LogP contribution in [0.1, 0.15) is 19.3 Å². The van der Waals surface area contributed by atoms with Crippen LogP contribution >= 0.6 is 27.5 Å². The summed E-state index contributed by atoms with van der Waals surface area (Å²) in [4.78, 5) is 27.1. The monoisotopic (exact) mass is 368 g/mol. The maximum atomic E-state index is 12.6. The first-order valence-electron chi connectivity index (χ1n) is 6.85. The van der Waals surface area contributed by atoms with Gasteiger partial charge in [-0.2, -0.15) is 0 Å². The van der Waals surface area contributed by atoms with E-state index in [0.717, 1.165) is 10.9 Å².